The number of nitrogens with zero attached hydrogens (tertiary/aromatic N) is 2. The van der Waals surface area contributed by atoms with Gasteiger partial charge in [-0.15, -0.1) is 0 Å². The Bertz CT molecular complexity index is 541. The molecule has 1 atom stereocenters. The summed E-state index contributed by atoms with van der Waals surface area (Å²) in [6, 6.07) is 6.40. The Hall–Kier alpha value is -0.870. The van der Waals surface area contributed by atoms with Crippen LogP contribution >= 0.6 is 15.9 Å². The van der Waals surface area contributed by atoms with Crippen LogP contribution in [-0.2, 0) is 6.54 Å². The van der Waals surface area contributed by atoms with E-state index in [2.05, 4.69) is 56.2 Å². The summed E-state index contributed by atoms with van der Waals surface area (Å²) in [7, 11) is 0. The van der Waals surface area contributed by atoms with E-state index in [1.807, 2.05) is 0 Å². The number of nitrogens with one attached hydrogen (secondary N) is 1. The minimum absolute atomic E-state index is 0.723. The first-order valence-corrected chi connectivity index (χ1v) is 6.87. The molecule has 0 spiro atoms. The summed E-state index contributed by atoms with van der Waals surface area (Å²) >= 11 is 3.52. The lowest BCUT2D eigenvalue weighted by Crippen LogP contribution is -2.15. The zero-order valence-corrected chi connectivity index (χ0v) is 11.5. The maximum absolute atomic E-state index is 4.66. The van der Waals surface area contributed by atoms with Crippen molar-refractivity contribution in [3.05, 3.63) is 28.4 Å². The van der Waals surface area contributed by atoms with Crippen LogP contribution in [0.3, 0.4) is 0 Å². The summed E-state index contributed by atoms with van der Waals surface area (Å²) in [5, 5.41) is 9.33. The lowest BCUT2D eigenvalue weighted by atomic mass is 10.1. The summed E-state index contributed by atoms with van der Waals surface area (Å²) < 4.78 is 3.28. The van der Waals surface area contributed by atoms with Gasteiger partial charge in [0.15, 0.2) is 0 Å². The third-order valence-electron chi connectivity index (χ3n) is 3.49. The van der Waals surface area contributed by atoms with Crippen molar-refractivity contribution in [2.24, 2.45) is 5.92 Å². The number of aromatic nitrogens is 2. The molecular weight excluding hydrogens is 278 g/mol. The van der Waals surface area contributed by atoms with Gasteiger partial charge in [0.05, 0.1) is 11.2 Å². The van der Waals surface area contributed by atoms with Crippen LogP contribution in [0.5, 0.6) is 0 Å². The fourth-order valence-corrected chi connectivity index (χ4v) is 2.93. The fraction of sp³-hybridized carbons (Fsp3) is 0.462. The highest BCUT2D eigenvalue weighted by Gasteiger charge is 2.17. The molecule has 0 saturated carbocycles. The largest absolute Gasteiger partial charge is 0.316 e. The van der Waals surface area contributed by atoms with E-state index in [0.717, 1.165) is 35.7 Å². The highest BCUT2D eigenvalue weighted by atomic mass is 79.9. The van der Waals surface area contributed by atoms with Gasteiger partial charge in [0.1, 0.15) is 0 Å². The van der Waals surface area contributed by atoms with Crippen molar-refractivity contribution in [1.82, 2.24) is 15.1 Å². The molecular formula is C13H16BrN3. The van der Waals surface area contributed by atoms with Gasteiger partial charge in [-0.25, -0.2) is 0 Å². The summed E-state index contributed by atoms with van der Waals surface area (Å²) in [6.07, 6.45) is 1.26. The molecule has 4 heteroatoms. The van der Waals surface area contributed by atoms with Crippen LogP contribution < -0.4 is 5.32 Å². The van der Waals surface area contributed by atoms with E-state index in [1.165, 1.54) is 17.3 Å². The average Bonchev–Trinajstić information content (AvgIpc) is 2.89. The van der Waals surface area contributed by atoms with Crippen molar-refractivity contribution >= 4 is 26.8 Å². The second kappa shape index (κ2) is 4.42. The summed E-state index contributed by atoms with van der Waals surface area (Å²) in [5.41, 5.74) is 2.37. The Morgan fingerprint density at radius 2 is 2.41 bits per heavy atom. The molecule has 0 bridgehead atoms. The van der Waals surface area contributed by atoms with Crippen molar-refractivity contribution in [1.29, 1.82) is 0 Å². The Kier molecular flexibility index (Phi) is 2.92. The number of hydrogen-bond donors (Lipinski definition) is 1. The molecule has 1 fully saturated rings. The number of benzene rings is 1. The zero-order chi connectivity index (χ0) is 11.8. The van der Waals surface area contributed by atoms with E-state index >= 15 is 0 Å². The SMILES string of the molecule is Cc1nn(CC2CCNC2)c2ccc(Br)cc12. The second-order valence-electron chi connectivity index (χ2n) is 4.79. The smallest absolute Gasteiger partial charge is 0.0686 e. The van der Waals surface area contributed by atoms with E-state index in [0.29, 0.717) is 0 Å². The van der Waals surface area contributed by atoms with Crippen molar-refractivity contribution in [3.8, 4) is 0 Å². The highest BCUT2D eigenvalue weighted by molar-refractivity contribution is 9.10. The van der Waals surface area contributed by atoms with Gasteiger partial charge in [0.2, 0.25) is 0 Å². The third-order valence-corrected chi connectivity index (χ3v) is 3.98. The molecule has 1 saturated heterocycles. The topological polar surface area (TPSA) is 29.9 Å². The van der Waals surface area contributed by atoms with Gasteiger partial charge in [0.25, 0.3) is 0 Å². The van der Waals surface area contributed by atoms with Gasteiger partial charge in [0, 0.05) is 16.4 Å². The minimum atomic E-state index is 0.723. The molecule has 1 aliphatic rings. The quantitative estimate of drug-likeness (QED) is 0.923. The highest BCUT2D eigenvalue weighted by Crippen LogP contribution is 2.24. The molecule has 0 amide bonds. The van der Waals surface area contributed by atoms with E-state index in [1.54, 1.807) is 0 Å². The van der Waals surface area contributed by atoms with E-state index < -0.39 is 0 Å². The fourth-order valence-electron chi connectivity index (χ4n) is 2.57. The van der Waals surface area contributed by atoms with Gasteiger partial charge in [-0.1, -0.05) is 15.9 Å². The van der Waals surface area contributed by atoms with Crippen LogP contribution in [0.25, 0.3) is 10.9 Å². The second-order valence-corrected chi connectivity index (χ2v) is 5.70. The van der Waals surface area contributed by atoms with Crippen molar-refractivity contribution in [2.75, 3.05) is 13.1 Å². The number of rotatable bonds is 2. The van der Waals surface area contributed by atoms with Gasteiger partial charge < -0.3 is 5.32 Å². The standard InChI is InChI=1S/C13H16BrN3/c1-9-12-6-11(14)2-3-13(12)17(16-9)8-10-4-5-15-7-10/h2-3,6,10,15H,4-5,7-8H2,1H3. The predicted octanol–water partition coefficient (Wildman–Crippen LogP) is 2.72. The lowest BCUT2D eigenvalue weighted by Gasteiger charge is -2.09. The van der Waals surface area contributed by atoms with Gasteiger partial charge >= 0.3 is 0 Å². The van der Waals surface area contributed by atoms with Crippen LogP contribution in [-0.4, -0.2) is 22.9 Å². The maximum atomic E-state index is 4.66. The van der Waals surface area contributed by atoms with Gasteiger partial charge in [-0.3, -0.25) is 4.68 Å². The van der Waals surface area contributed by atoms with E-state index in [-0.39, 0.29) is 0 Å². The van der Waals surface area contributed by atoms with Crippen molar-refractivity contribution < 1.29 is 0 Å². The molecule has 1 aromatic carbocycles. The summed E-state index contributed by atoms with van der Waals surface area (Å²) in [6.45, 7) is 5.38. The van der Waals surface area contributed by atoms with Crippen LogP contribution in [0, 0.1) is 12.8 Å². The molecule has 90 valence electrons. The third kappa shape index (κ3) is 2.11. The molecule has 17 heavy (non-hydrogen) atoms. The summed E-state index contributed by atoms with van der Waals surface area (Å²) in [4.78, 5) is 0. The number of halogens is 1. The van der Waals surface area contributed by atoms with Crippen LogP contribution in [0.1, 0.15) is 12.1 Å². The average molecular weight is 294 g/mol. The summed E-state index contributed by atoms with van der Waals surface area (Å²) in [5.74, 6) is 0.723. The molecule has 1 N–H and O–H groups in total. The van der Waals surface area contributed by atoms with Gasteiger partial charge in [-0.2, -0.15) is 5.10 Å². The first-order valence-electron chi connectivity index (χ1n) is 6.07. The zero-order valence-electron chi connectivity index (χ0n) is 9.91. The Morgan fingerprint density at radius 1 is 1.53 bits per heavy atom. The first-order chi connectivity index (χ1) is 8.24. The van der Waals surface area contributed by atoms with Crippen molar-refractivity contribution in [3.63, 3.8) is 0 Å². The molecule has 1 aliphatic heterocycles. The predicted molar refractivity (Wildman–Crippen MR) is 73.1 cm³/mol. The molecule has 1 unspecified atom stereocenters. The maximum Gasteiger partial charge on any atom is 0.0686 e. The molecule has 0 radical (unpaired) electrons. The Morgan fingerprint density at radius 3 is 3.18 bits per heavy atom. The van der Waals surface area contributed by atoms with Crippen LogP contribution in [0.4, 0.5) is 0 Å². The monoisotopic (exact) mass is 293 g/mol. The molecule has 0 aliphatic carbocycles. The number of fused-ring (bicyclic) bond motifs is 1. The molecule has 3 rings (SSSR count). The molecule has 1 aromatic heterocycles. The number of hydrogen-bond acceptors (Lipinski definition) is 2. The minimum Gasteiger partial charge on any atom is -0.316 e. The van der Waals surface area contributed by atoms with E-state index in [9.17, 15) is 0 Å². The lowest BCUT2D eigenvalue weighted by molar-refractivity contribution is 0.458. The first kappa shape index (κ1) is 11.2. The van der Waals surface area contributed by atoms with Crippen LogP contribution in [0.15, 0.2) is 22.7 Å². The van der Waals surface area contributed by atoms with Crippen LogP contribution in [0.2, 0.25) is 0 Å². The number of aryl methyl sites for hydroxylation is 1. The van der Waals surface area contributed by atoms with Crippen molar-refractivity contribution in [2.45, 2.75) is 19.9 Å². The van der Waals surface area contributed by atoms with Gasteiger partial charge in [-0.05, 0) is 50.6 Å². The molecule has 3 nitrogen and oxygen atoms in total. The Balaban J connectivity index is 1.98. The molecule has 2 heterocycles. The normalized spacial score (nSPS) is 20.2. The Labute approximate surface area is 109 Å². The molecule has 2 aromatic rings. The van der Waals surface area contributed by atoms with E-state index in [4.69, 9.17) is 0 Å².